The van der Waals surface area contributed by atoms with Gasteiger partial charge in [-0.25, -0.2) is 0 Å². The second kappa shape index (κ2) is 18.4. The van der Waals surface area contributed by atoms with Crippen LogP contribution < -0.4 is 0 Å². The Kier molecular flexibility index (Phi) is 14.1. The number of aliphatic hydroxyl groups is 11. The van der Waals surface area contributed by atoms with Crippen molar-refractivity contribution in [1.82, 2.24) is 0 Å². The van der Waals surface area contributed by atoms with E-state index in [1.54, 1.807) is 0 Å². The highest BCUT2D eigenvalue weighted by molar-refractivity contribution is 5.79. The second-order valence-electron chi connectivity index (χ2n) is 23.0. The van der Waals surface area contributed by atoms with E-state index >= 15 is 0 Å². The van der Waals surface area contributed by atoms with Crippen LogP contribution in [-0.2, 0) is 38.0 Å². The molecule has 25 unspecified atom stereocenters. The van der Waals surface area contributed by atoms with Gasteiger partial charge in [0.1, 0.15) is 73.4 Å². The number of ether oxygens (including phenoxy) is 6. The first-order chi connectivity index (χ1) is 31.4. The van der Waals surface area contributed by atoms with Gasteiger partial charge in [0.25, 0.3) is 0 Å². The first-order valence-electron chi connectivity index (χ1n) is 24.4. The fourth-order valence-corrected chi connectivity index (χ4v) is 14.7. The zero-order valence-corrected chi connectivity index (χ0v) is 39.5. The third kappa shape index (κ3) is 8.01. The molecule has 0 amide bonds. The molecule has 0 bridgehead atoms. The maximum Gasteiger partial charge on any atom is 0.315 e. The summed E-state index contributed by atoms with van der Waals surface area (Å²) in [5.41, 5.74) is -2.08. The number of carbonyl (C=O) groups excluding carboxylic acids is 2. The molecule has 3 heterocycles. The molecule has 0 aromatic heterocycles. The van der Waals surface area contributed by atoms with Crippen LogP contribution in [0.15, 0.2) is 11.6 Å². The van der Waals surface area contributed by atoms with Crippen LogP contribution in [-0.4, -0.2) is 186 Å². The molecule has 8 aliphatic rings. The Hall–Kier alpha value is -1.76. The van der Waals surface area contributed by atoms with Gasteiger partial charge in [-0.15, -0.1) is 0 Å². The summed E-state index contributed by atoms with van der Waals surface area (Å²) in [6.07, 6.45) is -15.8. The average Bonchev–Trinajstić information content (AvgIpc) is 3.30. The Morgan fingerprint density at radius 1 is 0.716 bits per heavy atom. The summed E-state index contributed by atoms with van der Waals surface area (Å²) in [5, 5.41) is 118. The van der Waals surface area contributed by atoms with Crippen LogP contribution in [0.4, 0.5) is 0 Å². The monoisotopic (exact) mass is 956 g/mol. The molecule has 7 fully saturated rings. The van der Waals surface area contributed by atoms with Crippen molar-refractivity contribution in [2.24, 2.45) is 50.2 Å². The topological polar surface area (TPSA) is 312 Å². The summed E-state index contributed by atoms with van der Waals surface area (Å²) in [4.78, 5) is 27.6. The Bertz CT molecular complexity index is 1850. The molecule has 3 saturated heterocycles. The lowest BCUT2D eigenvalue weighted by atomic mass is 9.33. The molecule has 382 valence electrons. The SMILES string of the molecule is CC1OC(OC2C(CO)OC(OCC3OC(OC(=O)C45CCC(C)(CO)CC4C4=CCC6C7(C)CCC(O)C(C)(C=O)C7CCC6(C)C4(C)CC5)C(O)C(O)C3O)C(O)C2O)C(O)C(O)C1O. The maximum atomic E-state index is 15.0. The Balaban J connectivity index is 0.987. The van der Waals surface area contributed by atoms with Crippen LogP contribution in [0.25, 0.3) is 0 Å². The smallest absolute Gasteiger partial charge is 0.315 e. The second-order valence-corrected chi connectivity index (χ2v) is 23.0. The highest BCUT2D eigenvalue weighted by Gasteiger charge is 2.70. The van der Waals surface area contributed by atoms with Crippen LogP contribution >= 0.6 is 0 Å². The quantitative estimate of drug-likeness (QED) is 0.0734. The van der Waals surface area contributed by atoms with Crippen molar-refractivity contribution in [2.75, 3.05) is 19.8 Å². The van der Waals surface area contributed by atoms with E-state index in [-0.39, 0.29) is 40.6 Å². The van der Waals surface area contributed by atoms with Crippen LogP contribution in [0, 0.1) is 50.2 Å². The number of esters is 1. The van der Waals surface area contributed by atoms with E-state index in [9.17, 15) is 65.8 Å². The number of aliphatic hydroxyl groups excluding tert-OH is 11. The fraction of sp³-hybridized carbons (Fsp3) is 0.917. The van der Waals surface area contributed by atoms with Crippen LogP contribution in [0.2, 0.25) is 0 Å². The number of allylic oxidation sites excluding steroid dienone is 2. The van der Waals surface area contributed by atoms with Crippen molar-refractivity contribution >= 4 is 12.3 Å². The number of carbonyl (C=O) groups is 2. The van der Waals surface area contributed by atoms with Crippen molar-refractivity contribution in [3.8, 4) is 0 Å². The van der Waals surface area contributed by atoms with Crippen molar-refractivity contribution in [3.05, 3.63) is 11.6 Å². The zero-order valence-electron chi connectivity index (χ0n) is 39.5. The molecular weight excluding hydrogens is 881 g/mol. The van der Waals surface area contributed by atoms with Gasteiger partial charge in [-0.1, -0.05) is 46.3 Å². The van der Waals surface area contributed by atoms with Gasteiger partial charge in [0.05, 0.1) is 36.3 Å². The van der Waals surface area contributed by atoms with Crippen molar-refractivity contribution < 1.29 is 94.2 Å². The van der Waals surface area contributed by atoms with Crippen molar-refractivity contribution in [2.45, 2.75) is 204 Å². The summed E-state index contributed by atoms with van der Waals surface area (Å²) in [6.45, 7) is 10.8. The lowest BCUT2D eigenvalue weighted by Gasteiger charge is -2.71. The average molecular weight is 957 g/mol. The highest BCUT2D eigenvalue weighted by Crippen LogP contribution is 2.76. The summed E-state index contributed by atoms with van der Waals surface area (Å²) in [5.74, 6) is -0.780. The number of hydrogen-bond acceptors (Lipinski definition) is 19. The molecular formula is C48H76O19. The lowest BCUT2D eigenvalue weighted by molar-refractivity contribution is -0.361. The number of fused-ring (bicyclic) bond motifs is 7. The fourth-order valence-electron chi connectivity index (χ4n) is 14.7. The third-order valence-electron chi connectivity index (χ3n) is 19.5. The molecule has 4 saturated carbocycles. The minimum atomic E-state index is -1.88. The number of rotatable bonds is 10. The predicted molar refractivity (Wildman–Crippen MR) is 231 cm³/mol. The first kappa shape index (κ1) is 51.6. The van der Waals surface area contributed by atoms with Gasteiger partial charge in [0.2, 0.25) is 6.29 Å². The molecule has 19 heteroatoms. The standard InChI is InChI=1S/C48H76O19/c1-22-30(53)32(55)35(58)40(63-22)66-38-25(18-49)64-39(37(60)34(38)57)62-19-26-31(54)33(56)36(59)41(65-26)67-42(61)48-15-13-43(2,20-50)17-24(48)23-7-8-28-44(3)11-10-29(52)45(4,21-51)27(44)9-12-47(28,6)46(23,5)14-16-48/h7,21-22,24-41,49-50,52-60H,8-20H2,1-6H3. The van der Waals surface area contributed by atoms with Crippen LogP contribution in [0.5, 0.6) is 0 Å². The van der Waals surface area contributed by atoms with Gasteiger partial charge in [-0.2, -0.15) is 0 Å². The molecule has 8 rings (SSSR count). The normalized spacial score (nSPS) is 55.5. The number of hydrogen-bond donors (Lipinski definition) is 11. The van der Waals surface area contributed by atoms with Gasteiger partial charge >= 0.3 is 5.97 Å². The van der Waals surface area contributed by atoms with E-state index in [1.807, 2.05) is 13.8 Å². The summed E-state index contributed by atoms with van der Waals surface area (Å²) >= 11 is 0. The van der Waals surface area contributed by atoms with E-state index in [0.29, 0.717) is 38.5 Å². The summed E-state index contributed by atoms with van der Waals surface area (Å²) < 4.78 is 34.6. The van der Waals surface area contributed by atoms with Crippen molar-refractivity contribution in [1.29, 1.82) is 0 Å². The Morgan fingerprint density at radius 3 is 2.03 bits per heavy atom. The molecule has 0 radical (unpaired) electrons. The summed E-state index contributed by atoms with van der Waals surface area (Å²) in [7, 11) is 0. The predicted octanol–water partition coefficient (Wildman–Crippen LogP) is -0.680. The van der Waals surface area contributed by atoms with Gasteiger partial charge < -0.3 is 89.4 Å². The Morgan fingerprint density at radius 2 is 1.36 bits per heavy atom. The van der Waals surface area contributed by atoms with E-state index in [0.717, 1.165) is 37.5 Å². The van der Waals surface area contributed by atoms with E-state index in [4.69, 9.17) is 28.4 Å². The van der Waals surface area contributed by atoms with E-state index < -0.39 is 134 Å². The van der Waals surface area contributed by atoms with Crippen LogP contribution in [0.1, 0.15) is 106 Å². The van der Waals surface area contributed by atoms with Crippen molar-refractivity contribution in [3.63, 3.8) is 0 Å². The third-order valence-corrected chi connectivity index (χ3v) is 19.5. The molecule has 0 aromatic rings. The molecule has 5 aliphatic carbocycles. The van der Waals surface area contributed by atoms with Gasteiger partial charge in [-0.05, 0) is 111 Å². The molecule has 3 aliphatic heterocycles. The molecule has 67 heavy (non-hydrogen) atoms. The molecule has 25 atom stereocenters. The zero-order chi connectivity index (χ0) is 49.0. The lowest BCUT2D eigenvalue weighted by Crippen LogP contribution is -2.66. The minimum absolute atomic E-state index is 0.0134. The molecule has 11 N–H and O–H groups in total. The first-order valence-corrected chi connectivity index (χ1v) is 24.4. The Labute approximate surface area is 391 Å². The van der Waals surface area contributed by atoms with E-state index in [2.05, 4.69) is 26.8 Å². The molecule has 0 aromatic carbocycles. The molecule has 19 nitrogen and oxygen atoms in total. The van der Waals surface area contributed by atoms with Gasteiger partial charge in [0.15, 0.2) is 12.6 Å². The summed E-state index contributed by atoms with van der Waals surface area (Å²) in [6, 6.07) is 0. The van der Waals surface area contributed by atoms with Crippen LogP contribution in [0.3, 0.4) is 0 Å². The van der Waals surface area contributed by atoms with Gasteiger partial charge in [0, 0.05) is 6.61 Å². The minimum Gasteiger partial charge on any atom is -0.432 e. The highest BCUT2D eigenvalue weighted by atomic mass is 16.8. The van der Waals surface area contributed by atoms with Gasteiger partial charge in [-0.3, -0.25) is 4.79 Å². The maximum absolute atomic E-state index is 15.0. The largest absolute Gasteiger partial charge is 0.432 e. The number of aldehydes is 1. The molecule has 0 spiro atoms. The van der Waals surface area contributed by atoms with E-state index in [1.165, 1.54) is 6.92 Å².